The Labute approximate surface area is 103 Å². The number of rotatable bonds is 3. The van der Waals surface area contributed by atoms with Crippen LogP contribution in [-0.2, 0) is 5.41 Å². The molecular weight excluding hydrogens is 211 g/mol. The molecule has 0 amide bonds. The average Bonchev–Trinajstić information content (AvgIpc) is 2.15. The second kappa shape index (κ2) is 5.32. The van der Waals surface area contributed by atoms with Crippen molar-refractivity contribution < 1.29 is 0 Å². The summed E-state index contributed by atoms with van der Waals surface area (Å²) in [5, 5.41) is 0. The topological polar surface area (TPSA) is 0 Å². The van der Waals surface area contributed by atoms with Crippen molar-refractivity contribution in [3.63, 3.8) is 0 Å². The van der Waals surface area contributed by atoms with Crippen LogP contribution in [0.1, 0.15) is 57.8 Å². The molecule has 1 aromatic rings. The molecule has 0 fully saturated rings. The summed E-state index contributed by atoms with van der Waals surface area (Å²) in [5.41, 5.74) is 3.70. The number of hydrogen-bond acceptors (Lipinski definition) is 0. The summed E-state index contributed by atoms with van der Waals surface area (Å²) in [6, 6.07) is 9.10. The van der Waals surface area contributed by atoms with E-state index in [1.165, 1.54) is 17.5 Å². The summed E-state index contributed by atoms with van der Waals surface area (Å²) in [6.45, 7) is 11.3. The summed E-state index contributed by atoms with van der Waals surface area (Å²) >= 11 is 0. The Bertz CT molecular complexity index is 316. The second-order valence-electron chi connectivity index (χ2n) is 6.11. The van der Waals surface area contributed by atoms with E-state index in [1.54, 1.807) is 0 Å². The van der Waals surface area contributed by atoms with Crippen molar-refractivity contribution in [1.82, 2.24) is 0 Å². The molecule has 0 aliphatic carbocycles. The van der Waals surface area contributed by atoms with Gasteiger partial charge >= 0.3 is 0 Å². The largest absolute Gasteiger partial charge is 0.130 e. The highest BCUT2D eigenvalue weighted by Crippen LogP contribution is 2.31. The summed E-state index contributed by atoms with van der Waals surface area (Å²) < 4.78 is 0. The van der Waals surface area contributed by atoms with Gasteiger partial charge in [-0.3, -0.25) is 0 Å². The Morgan fingerprint density at radius 3 is 1.94 bits per heavy atom. The van der Waals surface area contributed by atoms with E-state index < -0.39 is 0 Å². The average molecular weight is 236 g/mol. The van der Waals surface area contributed by atoms with Crippen LogP contribution in [0.15, 0.2) is 24.3 Å². The lowest BCUT2D eigenvalue weighted by Crippen LogP contribution is -2.10. The Balaban J connectivity index is 2.79. The molecule has 2 atom stereocenters. The molecule has 0 saturated carbocycles. The van der Waals surface area contributed by atoms with Crippen LogP contribution in [0.5, 0.6) is 0 Å². The van der Waals surface area contributed by atoms with Crippen molar-refractivity contribution in [1.29, 1.82) is 0 Å². The van der Waals surface area contributed by atoms with Crippen molar-refractivity contribution >= 4 is 9.24 Å². The molecule has 0 heterocycles. The smallest absolute Gasteiger partial charge is 0.00121 e. The third-order valence-corrected chi connectivity index (χ3v) is 3.59. The zero-order valence-corrected chi connectivity index (χ0v) is 12.4. The number of benzene rings is 1. The number of hydrogen-bond donors (Lipinski definition) is 0. The van der Waals surface area contributed by atoms with Crippen molar-refractivity contribution in [2.45, 2.75) is 52.1 Å². The molecule has 0 radical (unpaired) electrons. The lowest BCUT2D eigenvalue weighted by Gasteiger charge is -2.20. The molecule has 16 heavy (non-hydrogen) atoms. The van der Waals surface area contributed by atoms with Crippen LogP contribution in [0.4, 0.5) is 0 Å². The molecule has 1 heteroatoms. The van der Waals surface area contributed by atoms with E-state index in [9.17, 15) is 0 Å². The van der Waals surface area contributed by atoms with Gasteiger partial charge in [-0.05, 0) is 34.5 Å². The van der Waals surface area contributed by atoms with E-state index in [1.807, 2.05) is 0 Å². The van der Waals surface area contributed by atoms with Gasteiger partial charge in [-0.2, -0.15) is 0 Å². The fourth-order valence-electron chi connectivity index (χ4n) is 1.87. The first-order chi connectivity index (χ1) is 7.30. The molecular formula is C15H25P. The maximum absolute atomic E-state index is 2.96. The molecule has 0 aromatic heterocycles. The van der Waals surface area contributed by atoms with Crippen LogP contribution in [0.2, 0.25) is 0 Å². The Kier molecular flexibility index (Phi) is 4.56. The van der Waals surface area contributed by atoms with E-state index >= 15 is 0 Å². The molecule has 0 nitrogen and oxygen atoms in total. The standard InChI is InChI=1S/C15H25P/c1-11(2)10-14(16)12-6-8-13(9-7-12)15(3,4)5/h6-9,11,14H,10,16H2,1-5H3. The molecule has 0 aliphatic rings. The monoisotopic (exact) mass is 236 g/mol. The molecule has 0 spiro atoms. The van der Waals surface area contributed by atoms with Gasteiger partial charge in [-0.25, -0.2) is 0 Å². The van der Waals surface area contributed by atoms with E-state index in [2.05, 4.69) is 68.1 Å². The minimum absolute atomic E-state index is 0.257. The highest BCUT2D eigenvalue weighted by molar-refractivity contribution is 7.17. The first-order valence-electron chi connectivity index (χ1n) is 6.16. The van der Waals surface area contributed by atoms with Gasteiger partial charge < -0.3 is 0 Å². The van der Waals surface area contributed by atoms with Crippen LogP contribution in [0, 0.1) is 5.92 Å². The Morgan fingerprint density at radius 1 is 1.06 bits per heavy atom. The molecule has 0 bridgehead atoms. The normalized spacial score (nSPS) is 14.2. The molecule has 1 rings (SSSR count). The predicted molar refractivity (Wildman–Crippen MR) is 77.0 cm³/mol. The minimum atomic E-state index is 0.257. The summed E-state index contributed by atoms with van der Waals surface area (Å²) in [4.78, 5) is 0. The molecule has 0 aliphatic heterocycles. The van der Waals surface area contributed by atoms with Gasteiger partial charge in [0.1, 0.15) is 0 Å². The highest BCUT2D eigenvalue weighted by atomic mass is 31.0. The molecule has 2 unspecified atom stereocenters. The van der Waals surface area contributed by atoms with E-state index in [-0.39, 0.29) is 5.41 Å². The maximum atomic E-state index is 2.96. The fourth-order valence-corrected chi connectivity index (χ4v) is 2.64. The predicted octanol–water partition coefficient (Wildman–Crippen LogP) is 4.95. The molecule has 0 saturated heterocycles. The second-order valence-corrected chi connectivity index (χ2v) is 6.91. The van der Waals surface area contributed by atoms with Crippen LogP contribution in [0.3, 0.4) is 0 Å². The molecule has 90 valence electrons. The van der Waals surface area contributed by atoms with Crippen molar-refractivity contribution in [2.75, 3.05) is 0 Å². The lowest BCUT2D eigenvalue weighted by molar-refractivity contribution is 0.576. The van der Waals surface area contributed by atoms with Crippen LogP contribution >= 0.6 is 9.24 Å². The van der Waals surface area contributed by atoms with Crippen molar-refractivity contribution in [3.8, 4) is 0 Å². The molecule has 1 aromatic carbocycles. The van der Waals surface area contributed by atoms with Gasteiger partial charge in [0.25, 0.3) is 0 Å². The zero-order valence-electron chi connectivity index (χ0n) is 11.2. The minimum Gasteiger partial charge on any atom is -0.130 e. The third-order valence-electron chi connectivity index (χ3n) is 2.93. The Morgan fingerprint density at radius 2 is 1.56 bits per heavy atom. The maximum Gasteiger partial charge on any atom is -0.00121 e. The first kappa shape index (κ1) is 13.7. The van der Waals surface area contributed by atoms with Gasteiger partial charge in [-0.15, -0.1) is 9.24 Å². The summed E-state index contributed by atoms with van der Waals surface area (Å²) in [5.74, 6) is 0.754. The summed E-state index contributed by atoms with van der Waals surface area (Å²) in [6.07, 6.45) is 1.24. The van der Waals surface area contributed by atoms with E-state index in [0.717, 1.165) is 5.92 Å². The van der Waals surface area contributed by atoms with Gasteiger partial charge in [0.2, 0.25) is 0 Å². The first-order valence-corrected chi connectivity index (χ1v) is 6.83. The third kappa shape index (κ3) is 3.91. The quantitative estimate of drug-likeness (QED) is 0.652. The van der Waals surface area contributed by atoms with Gasteiger partial charge in [0.05, 0.1) is 0 Å². The fraction of sp³-hybridized carbons (Fsp3) is 0.600. The van der Waals surface area contributed by atoms with Gasteiger partial charge in [0.15, 0.2) is 0 Å². The van der Waals surface area contributed by atoms with Crippen LogP contribution in [-0.4, -0.2) is 0 Å². The highest BCUT2D eigenvalue weighted by Gasteiger charge is 2.14. The Hall–Kier alpha value is -0.350. The zero-order chi connectivity index (χ0) is 12.3. The van der Waals surface area contributed by atoms with Crippen LogP contribution in [0.25, 0.3) is 0 Å². The van der Waals surface area contributed by atoms with Gasteiger partial charge in [-0.1, -0.05) is 58.9 Å². The SMILES string of the molecule is CC(C)CC(P)c1ccc(C(C)(C)C)cc1. The lowest BCUT2D eigenvalue weighted by atomic mass is 9.86. The van der Waals surface area contributed by atoms with Gasteiger partial charge in [0, 0.05) is 0 Å². The summed E-state index contributed by atoms with van der Waals surface area (Å²) in [7, 11) is 2.96. The van der Waals surface area contributed by atoms with Crippen molar-refractivity contribution in [2.24, 2.45) is 5.92 Å². The molecule has 0 N–H and O–H groups in total. The van der Waals surface area contributed by atoms with E-state index in [0.29, 0.717) is 5.66 Å². The van der Waals surface area contributed by atoms with Crippen molar-refractivity contribution in [3.05, 3.63) is 35.4 Å². The van der Waals surface area contributed by atoms with E-state index in [4.69, 9.17) is 0 Å². The van der Waals surface area contributed by atoms with Crippen LogP contribution < -0.4 is 0 Å².